The summed E-state index contributed by atoms with van der Waals surface area (Å²) in [6.45, 7) is 3.79. The van der Waals surface area contributed by atoms with Crippen molar-refractivity contribution in [2.75, 3.05) is 0 Å². The molecule has 0 bridgehead atoms. The molecule has 0 amide bonds. The van der Waals surface area contributed by atoms with E-state index >= 15 is 0 Å². The van der Waals surface area contributed by atoms with Crippen LogP contribution in [0.1, 0.15) is 24.2 Å². The fraction of sp³-hybridized carbons (Fsp3) is 0.300. The van der Waals surface area contributed by atoms with Gasteiger partial charge in [0.25, 0.3) is 0 Å². The first-order valence-corrected chi connectivity index (χ1v) is 4.33. The summed E-state index contributed by atoms with van der Waals surface area (Å²) in [6.07, 6.45) is 0. The number of rotatable bonds is 2. The zero-order chi connectivity index (χ0) is 9.14. The van der Waals surface area contributed by atoms with E-state index in [1.54, 1.807) is 24.3 Å². The zero-order valence-corrected chi connectivity index (χ0v) is 8.02. The molecule has 1 aromatic carbocycles. The Morgan fingerprint density at radius 2 is 1.75 bits per heavy atom. The lowest BCUT2D eigenvalue weighted by Crippen LogP contribution is -2.06. The maximum Gasteiger partial charge on any atom is 0.165 e. The van der Waals surface area contributed by atoms with Crippen LogP contribution >= 0.6 is 12.6 Å². The van der Waals surface area contributed by atoms with Crippen LogP contribution in [0.15, 0.2) is 29.2 Å². The Labute approximate surface area is 78.2 Å². The molecule has 1 aromatic rings. The van der Waals surface area contributed by atoms with Crippen LogP contribution in [0.2, 0.25) is 0 Å². The van der Waals surface area contributed by atoms with Crippen LogP contribution in [-0.4, -0.2) is 5.78 Å². The molecule has 0 fully saturated rings. The molecule has 12 heavy (non-hydrogen) atoms. The minimum Gasteiger partial charge on any atom is -0.294 e. The summed E-state index contributed by atoms with van der Waals surface area (Å²) >= 11 is 4.91. The van der Waals surface area contributed by atoms with Crippen molar-refractivity contribution in [2.24, 2.45) is 5.92 Å². The molecule has 0 aliphatic heterocycles. The minimum atomic E-state index is 0.0565. The predicted molar refractivity (Wildman–Crippen MR) is 51.5 cm³/mol. The molecule has 0 aliphatic rings. The van der Waals surface area contributed by atoms with Crippen LogP contribution in [0, 0.1) is 5.92 Å². The van der Waals surface area contributed by atoms with Gasteiger partial charge < -0.3 is 0 Å². The van der Waals surface area contributed by atoms with Gasteiger partial charge in [-0.25, -0.2) is 0 Å². The van der Waals surface area contributed by atoms with Gasteiger partial charge in [0.2, 0.25) is 0 Å². The second kappa shape index (κ2) is 3.68. The van der Waals surface area contributed by atoms with Crippen LogP contribution in [0.4, 0.5) is 0 Å². The number of carbonyl (C=O) groups excluding carboxylic acids is 1. The second-order valence-corrected chi connectivity index (χ2v) is 3.51. The van der Waals surface area contributed by atoms with E-state index in [-0.39, 0.29) is 11.7 Å². The normalized spacial score (nSPS) is 10.2. The van der Waals surface area contributed by atoms with Gasteiger partial charge in [-0.15, -0.1) is 0 Å². The fourth-order valence-electron chi connectivity index (χ4n) is 0.953. The van der Waals surface area contributed by atoms with Gasteiger partial charge in [-0.2, -0.15) is 0 Å². The highest BCUT2D eigenvalue weighted by molar-refractivity contribution is 7.80. The Morgan fingerprint density at radius 1 is 1.25 bits per heavy atom. The minimum absolute atomic E-state index is 0.0565. The smallest absolute Gasteiger partial charge is 0.165 e. The maximum absolute atomic E-state index is 11.4. The van der Waals surface area contributed by atoms with E-state index in [1.807, 2.05) is 13.8 Å². The van der Waals surface area contributed by atoms with Crippen LogP contribution in [-0.2, 0) is 0 Å². The van der Waals surface area contributed by atoms with Crippen molar-refractivity contribution in [2.45, 2.75) is 18.7 Å². The molecular weight excluding hydrogens is 168 g/mol. The van der Waals surface area contributed by atoms with Crippen molar-refractivity contribution in [3.8, 4) is 0 Å². The van der Waals surface area contributed by atoms with Gasteiger partial charge in [0, 0.05) is 16.4 Å². The summed E-state index contributed by atoms with van der Waals surface area (Å²) in [5.74, 6) is 0.228. The van der Waals surface area contributed by atoms with E-state index in [0.29, 0.717) is 0 Å². The summed E-state index contributed by atoms with van der Waals surface area (Å²) in [4.78, 5) is 12.2. The first kappa shape index (κ1) is 9.20. The molecule has 0 spiro atoms. The highest BCUT2D eigenvalue weighted by Gasteiger charge is 2.08. The molecule has 0 unspecified atom stereocenters. The van der Waals surface area contributed by atoms with Gasteiger partial charge in [0.15, 0.2) is 5.78 Å². The molecule has 0 saturated heterocycles. The molecule has 1 nitrogen and oxygen atoms in total. The summed E-state index contributed by atoms with van der Waals surface area (Å²) in [5.41, 5.74) is 0.749. The summed E-state index contributed by atoms with van der Waals surface area (Å²) in [5, 5.41) is 0. The molecule has 2 heteroatoms. The van der Waals surface area contributed by atoms with Crippen LogP contribution in [0.25, 0.3) is 0 Å². The molecule has 0 heterocycles. The number of hydrogen-bond acceptors (Lipinski definition) is 1. The Kier molecular flexibility index (Phi) is 2.82. The van der Waals surface area contributed by atoms with Crippen LogP contribution in [0.5, 0.6) is 0 Å². The lowest BCUT2D eigenvalue weighted by molar-refractivity contribution is 0.0939. The average molecular weight is 179 g/mol. The van der Waals surface area contributed by atoms with Crippen molar-refractivity contribution in [3.05, 3.63) is 29.8 Å². The number of benzene rings is 1. The standard InChI is InChI=1S/C10H11OS/c1-7(2)10(11)8-3-5-9(12)6-4-8/h3-7H,1-2H3. The SMILES string of the molecule is CC(C)C(=O)c1ccc([S])cc1. The Morgan fingerprint density at radius 3 is 2.17 bits per heavy atom. The van der Waals surface area contributed by atoms with Gasteiger partial charge >= 0.3 is 0 Å². The molecule has 0 aliphatic carbocycles. The fourth-order valence-corrected chi connectivity index (χ4v) is 1.09. The monoisotopic (exact) mass is 179 g/mol. The number of hydrogen-bond donors (Lipinski definition) is 0. The topological polar surface area (TPSA) is 17.1 Å². The Balaban J connectivity index is 2.90. The van der Waals surface area contributed by atoms with Crippen molar-refractivity contribution in [3.63, 3.8) is 0 Å². The van der Waals surface area contributed by atoms with Crippen LogP contribution in [0.3, 0.4) is 0 Å². The summed E-state index contributed by atoms with van der Waals surface area (Å²) in [6, 6.07) is 7.13. The number of ketones is 1. The van der Waals surface area contributed by atoms with E-state index in [0.717, 1.165) is 10.5 Å². The highest BCUT2D eigenvalue weighted by Crippen LogP contribution is 2.11. The third-order valence-corrected chi connectivity index (χ3v) is 1.94. The molecular formula is C10H11OS. The lowest BCUT2D eigenvalue weighted by Gasteiger charge is -2.02. The first-order valence-electron chi connectivity index (χ1n) is 3.92. The lowest BCUT2D eigenvalue weighted by atomic mass is 10.0. The van der Waals surface area contributed by atoms with Gasteiger partial charge in [0.05, 0.1) is 0 Å². The van der Waals surface area contributed by atoms with Gasteiger partial charge in [-0.1, -0.05) is 26.5 Å². The van der Waals surface area contributed by atoms with E-state index in [4.69, 9.17) is 12.6 Å². The van der Waals surface area contributed by atoms with E-state index < -0.39 is 0 Å². The molecule has 0 N–H and O–H groups in total. The van der Waals surface area contributed by atoms with E-state index in [2.05, 4.69) is 0 Å². The Bertz CT molecular complexity index is 274. The van der Waals surface area contributed by atoms with Gasteiger partial charge in [-0.05, 0) is 24.3 Å². The molecule has 1 radical (unpaired) electrons. The Hall–Kier alpha value is -0.890. The third-order valence-electron chi connectivity index (χ3n) is 1.66. The predicted octanol–water partition coefficient (Wildman–Crippen LogP) is 3.08. The van der Waals surface area contributed by atoms with Crippen molar-refractivity contribution < 1.29 is 4.79 Å². The molecule has 0 saturated carbocycles. The van der Waals surface area contributed by atoms with Gasteiger partial charge in [0.1, 0.15) is 0 Å². The maximum atomic E-state index is 11.4. The molecule has 63 valence electrons. The molecule has 1 rings (SSSR count). The summed E-state index contributed by atoms with van der Waals surface area (Å²) in [7, 11) is 0. The van der Waals surface area contributed by atoms with Gasteiger partial charge in [-0.3, -0.25) is 4.79 Å². The van der Waals surface area contributed by atoms with Crippen molar-refractivity contribution >= 4 is 18.4 Å². The average Bonchev–Trinajstić information content (AvgIpc) is 2.04. The molecule has 0 aromatic heterocycles. The highest BCUT2D eigenvalue weighted by atomic mass is 32.1. The number of carbonyl (C=O) groups is 1. The zero-order valence-electron chi connectivity index (χ0n) is 7.20. The third kappa shape index (κ3) is 2.05. The first-order chi connectivity index (χ1) is 5.61. The quantitative estimate of drug-likeness (QED) is 0.638. The second-order valence-electron chi connectivity index (χ2n) is 3.04. The van der Waals surface area contributed by atoms with Crippen molar-refractivity contribution in [1.29, 1.82) is 0 Å². The van der Waals surface area contributed by atoms with Crippen LogP contribution < -0.4 is 0 Å². The largest absolute Gasteiger partial charge is 0.294 e. The number of Topliss-reactive ketones (excluding diaryl/α,β-unsaturated/α-hetero) is 1. The summed E-state index contributed by atoms with van der Waals surface area (Å²) < 4.78 is 0. The van der Waals surface area contributed by atoms with Crippen molar-refractivity contribution in [1.82, 2.24) is 0 Å². The molecule has 0 atom stereocenters. The van der Waals surface area contributed by atoms with E-state index in [9.17, 15) is 4.79 Å². The van der Waals surface area contributed by atoms with E-state index in [1.165, 1.54) is 0 Å².